The average Bonchev–Trinajstić information content (AvgIpc) is 3.16. The number of amides is 1. The molecule has 1 fully saturated rings. The molecule has 28 heavy (non-hydrogen) atoms. The Balaban J connectivity index is 1.42. The Morgan fingerprint density at radius 2 is 1.89 bits per heavy atom. The number of aliphatic hydroxyl groups excluding tert-OH is 1. The quantitative estimate of drug-likeness (QED) is 0.863. The van der Waals surface area contributed by atoms with Crippen molar-refractivity contribution in [2.24, 2.45) is 5.92 Å². The van der Waals surface area contributed by atoms with E-state index in [9.17, 15) is 9.90 Å². The van der Waals surface area contributed by atoms with E-state index in [1.165, 1.54) is 12.0 Å². The minimum absolute atomic E-state index is 0.109. The van der Waals surface area contributed by atoms with E-state index in [2.05, 4.69) is 46.0 Å². The zero-order valence-corrected chi connectivity index (χ0v) is 16.6. The number of fused-ring (bicyclic) bond motifs is 1. The van der Waals surface area contributed by atoms with E-state index in [1.54, 1.807) is 4.90 Å². The lowest BCUT2D eigenvalue weighted by Crippen LogP contribution is -2.47. The van der Waals surface area contributed by atoms with E-state index in [0.717, 1.165) is 50.2 Å². The summed E-state index contributed by atoms with van der Waals surface area (Å²) in [6.45, 7) is 3.14. The summed E-state index contributed by atoms with van der Waals surface area (Å²) < 4.78 is 2.18. The Kier molecular flexibility index (Phi) is 5.76. The van der Waals surface area contributed by atoms with Crippen molar-refractivity contribution in [2.45, 2.75) is 70.6 Å². The lowest BCUT2D eigenvalue weighted by molar-refractivity contribution is -0.145. The van der Waals surface area contributed by atoms with Crippen LogP contribution in [0.5, 0.6) is 0 Å². The van der Waals surface area contributed by atoms with Crippen molar-refractivity contribution in [3.8, 4) is 0 Å². The Hall–Kier alpha value is -2.21. The first-order chi connectivity index (χ1) is 13.6. The molecule has 1 aliphatic heterocycles. The Bertz CT molecular complexity index is 798. The van der Waals surface area contributed by atoms with Gasteiger partial charge in [0.25, 0.3) is 5.91 Å². The number of aromatic nitrogens is 3. The second kappa shape index (κ2) is 8.43. The summed E-state index contributed by atoms with van der Waals surface area (Å²) in [6, 6.07) is 10.5. The van der Waals surface area contributed by atoms with Gasteiger partial charge in [0.1, 0.15) is 11.9 Å². The topological polar surface area (TPSA) is 71.2 Å². The number of hydrogen-bond acceptors (Lipinski definition) is 4. The van der Waals surface area contributed by atoms with Crippen molar-refractivity contribution < 1.29 is 9.90 Å². The molecule has 0 unspecified atom stereocenters. The lowest BCUT2D eigenvalue weighted by atomic mass is 9.84. The van der Waals surface area contributed by atoms with Crippen molar-refractivity contribution in [3.63, 3.8) is 0 Å². The van der Waals surface area contributed by atoms with Crippen LogP contribution in [0.4, 0.5) is 0 Å². The van der Waals surface area contributed by atoms with Crippen LogP contribution in [0.25, 0.3) is 0 Å². The lowest BCUT2D eigenvalue weighted by Gasteiger charge is -2.36. The summed E-state index contributed by atoms with van der Waals surface area (Å²) in [5.41, 5.74) is 1.29. The highest BCUT2D eigenvalue weighted by atomic mass is 16.3. The fourth-order valence-corrected chi connectivity index (χ4v) is 4.69. The molecule has 1 amide bonds. The van der Waals surface area contributed by atoms with E-state index in [4.69, 9.17) is 0 Å². The fraction of sp³-hybridized carbons (Fsp3) is 0.591. The Morgan fingerprint density at radius 1 is 1.14 bits per heavy atom. The summed E-state index contributed by atoms with van der Waals surface area (Å²) in [7, 11) is 0. The molecule has 0 radical (unpaired) electrons. The van der Waals surface area contributed by atoms with Gasteiger partial charge in [-0.15, -0.1) is 10.2 Å². The molecule has 1 saturated carbocycles. The van der Waals surface area contributed by atoms with Gasteiger partial charge in [0.2, 0.25) is 0 Å². The molecule has 2 aromatic rings. The smallest absolute Gasteiger partial charge is 0.252 e. The molecule has 6 heteroatoms. The molecule has 0 spiro atoms. The molecular formula is C22H30N4O2. The molecule has 0 saturated heterocycles. The van der Waals surface area contributed by atoms with Gasteiger partial charge in [-0.05, 0) is 37.7 Å². The number of nitrogens with zero attached hydrogens (tertiary/aromatic N) is 4. The van der Waals surface area contributed by atoms with Crippen LogP contribution in [0.2, 0.25) is 0 Å². The number of hydrogen-bond donors (Lipinski definition) is 1. The van der Waals surface area contributed by atoms with E-state index >= 15 is 0 Å². The highest BCUT2D eigenvalue weighted by molar-refractivity contribution is 5.81. The van der Waals surface area contributed by atoms with Crippen LogP contribution in [0.3, 0.4) is 0 Å². The average molecular weight is 383 g/mol. The zero-order valence-electron chi connectivity index (χ0n) is 16.6. The number of aliphatic hydroxyl groups is 1. The largest absolute Gasteiger partial charge is 0.383 e. The summed E-state index contributed by atoms with van der Waals surface area (Å²) in [5, 5.41) is 19.4. The Labute approximate surface area is 166 Å². The monoisotopic (exact) mass is 382 g/mol. The van der Waals surface area contributed by atoms with Gasteiger partial charge in [0, 0.05) is 13.0 Å². The summed E-state index contributed by atoms with van der Waals surface area (Å²) >= 11 is 0. The third kappa shape index (κ3) is 3.97. The molecule has 1 aromatic carbocycles. The first-order valence-corrected chi connectivity index (χ1v) is 10.6. The second-order valence-electron chi connectivity index (χ2n) is 8.30. The van der Waals surface area contributed by atoms with Crippen LogP contribution in [0, 0.1) is 5.92 Å². The molecule has 2 atom stereocenters. The predicted molar refractivity (Wildman–Crippen MR) is 107 cm³/mol. The minimum Gasteiger partial charge on any atom is -0.383 e. The molecule has 2 aliphatic rings. The van der Waals surface area contributed by atoms with Crippen molar-refractivity contribution >= 4 is 5.91 Å². The molecule has 6 nitrogen and oxygen atoms in total. The summed E-state index contributed by atoms with van der Waals surface area (Å²) in [4.78, 5) is 14.7. The second-order valence-corrected chi connectivity index (χ2v) is 8.30. The van der Waals surface area contributed by atoms with E-state index < -0.39 is 6.10 Å². The first kappa shape index (κ1) is 19.1. The van der Waals surface area contributed by atoms with Gasteiger partial charge in [0.05, 0.1) is 12.6 Å². The van der Waals surface area contributed by atoms with E-state index in [0.29, 0.717) is 13.1 Å². The highest BCUT2D eigenvalue weighted by Crippen LogP contribution is 2.29. The Morgan fingerprint density at radius 3 is 2.64 bits per heavy atom. The van der Waals surface area contributed by atoms with Gasteiger partial charge in [-0.3, -0.25) is 4.79 Å². The fourth-order valence-electron chi connectivity index (χ4n) is 4.69. The number of benzene rings is 1. The molecule has 0 bridgehead atoms. The van der Waals surface area contributed by atoms with E-state index in [-0.39, 0.29) is 17.9 Å². The van der Waals surface area contributed by atoms with Crippen LogP contribution in [-0.4, -0.2) is 43.3 Å². The summed E-state index contributed by atoms with van der Waals surface area (Å²) in [6.07, 6.45) is 6.24. The van der Waals surface area contributed by atoms with Crippen molar-refractivity contribution in [1.82, 2.24) is 19.7 Å². The molecule has 1 aromatic heterocycles. The maximum absolute atomic E-state index is 12.9. The number of carbonyl (C=O) groups excluding carboxylic acids is 1. The van der Waals surface area contributed by atoms with Gasteiger partial charge in [-0.1, -0.05) is 49.6 Å². The molecule has 4 rings (SSSR count). The SMILES string of the molecule is C[C@H]1CN(C(=O)[C@H](O)C2CCCCC2)Cc2nnc(CCc3ccccc3)n21. The third-order valence-electron chi connectivity index (χ3n) is 6.24. The molecule has 1 aliphatic carbocycles. The maximum Gasteiger partial charge on any atom is 0.252 e. The van der Waals surface area contributed by atoms with Crippen LogP contribution in [0.1, 0.15) is 62.3 Å². The predicted octanol–water partition coefficient (Wildman–Crippen LogP) is 2.91. The molecular weight excluding hydrogens is 352 g/mol. The van der Waals surface area contributed by atoms with Gasteiger partial charge in [-0.25, -0.2) is 0 Å². The molecule has 2 heterocycles. The van der Waals surface area contributed by atoms with Crippen LogP contribution in [0.15, 0.2) is 30.3 Å². The highest BCUT2D eigenvalue weighted by Gasteiger charge is 2.35. The zero-order chi connectivity index (χ0) is 19.5. The van der Waals surface area contributed by atoms with Crippen molar-refractivity contribution in [1.29, 1.82) is 0 Å². The third-order valence-corrected chi connectivity index (χ3v) is 6.24. The first-order valence-electron chi connectivity index (χ1n) is 10.6. The van der Waals surface area contributed by atoms with Gasteiger partial charge < -0.3 is 14.6 Å². The summed E-state index contributed by atoms with van der Waals surface area (Å²) in [5.74, 6) is 1.77. The standard InChI is InChI=1S/C22H30N4O2/c1-16-14-25(22(28)21(27)18-10-6-3-7-11-18)15-20-24-23-19(26(16)20)13-12-17-8-4-2-5-9-17/h2,4-5,8-9,16,18,21,27H,3,6-7,10-15H2,1H3/t16-,21+/m0/s1. The van der Waals surface area contributed by atoms with Gasteiger partial charge in [0.15, 0.2) is 5.82 Å². The van der Waals surface area contributed by atoms with Gasteiger partial charge in [-0.2, -0.15) is 0 Å². The normalized spacial score (nSPS) is 21.4. The van der Waals surface area contributed by atoms with Crippen molar-refractivity contribution in [2.75, 3.05) is 6.54 Å². The van der Waals surface area contributed by atoms with Gasteiger partial charge >= 0.3 is 0 Å². The molecule has 150 valence electrons. The van der Waals surface area contributed by atoms with Crippen molar-refractivity contribution in [3.05, 3.63) is 47.5 Å². The minimum atomic E-state index is -0.875. The van der Waals surface area contributed by atoms with Crippen LogP contribution < -0.4 is 0 Å². The van der Waals surface area contributed by atoms with Crippen LogP contribution >= 0.6 is 0 Å². The number of rotatable bonds is 5. The van der Waals surface area contributed by atoms with Crippen LogP contribution in [-0.2, 0) is 24.2 Å². The maximum atomic E-state index is 12.9. The molecule has 1 N–H and O–H groups in total. The number of carbonyl (C=O) groups is 1. The number of aryl methyl sites for hydroxylation is 2. The van der Waals surface area contributed by atoms with E-state index in [1.807, 2.05) is 6.07 Å².